The van der Waals surface area contributed by atoms with Crippen molar-refractivity contribution in [1.82, 2.24) is 4.90 Å². The molecule has 0 bridgehead atoms. The summed E-state index contributed by atoms with van der Waals surface area (Å²) in [5, 5.41) is 10.3. The number of nitrogens with zero attached hydrogens (tertiary/aromatic N) is 1. The molecule has 15 heavy (non-hydrogen) atoms. The third-order valence-corrected chi connectivity index (χ3v) is 3.57. The molecule has 1 aliphatic rings. The summed E-state index contributed by atoms with van der Waals surface area (Å²) in [6.07, 6.45) is 0. The summed E-state index contributed by atoms with van der Waals surface area (Å²) in [5.41, 5.74) is -0.578. The maximum absolute atomic E-state index is 10.3. The minimum Gasteiger partial charge on any atom is -0.389 e. The molecule has 3 nitrogen and oxygen atoms in total. The minimum absolute atomic E-state index is 0.0388. The fourth-order valence-corrected chi connectivity index (χ4v) is 1.75. The Morgan fingerprint density at radius 1 is 1.47 bits per heavy atom. The normalized spacial score (nSPS) is 26.6. The van der Waals surface area contributed by atoms with Gasteiger partial charge in [-0.3, -0.25) is 4.90 Å². The Bertz CT molecular complexity index is 212. The first-order valence-electron chi connectivity index (χ1n) is 5.81. The summed E-state index contributed by atoms with van der Waals surface area (Å²) in [6, 6.07) is 0. The van der Waals surface area contributed by atoms with Crippen LogP contribution >= 0.6 is 0 Å². The van der Waals surface area contributed by atoms with Crippen molar-refractivity contribution in [2.24, 2.45) is 5.92 Å². The predicted molar refractivity (Wildman–Crippen MR) is 61.9 cm³/mol. The number of aliphatic hydroxyl groups is 1. The number of ether oxygens (including phenoxy) is 1. The molecule has 1 atom stereocenters. The van der Waals surface area contributed by atoms with E-state index in [4.69, 9.17) is 4.74 Å². The molecule has 1 unspecified atom stereocenters. The van der Waals surface area contributed by atoms with Crippen LogP contribution in [0.15, 0.2) is 0 Å². The molecular weight excluding hydrogens is 190 g/mol. The van der Waals surface area contributed by atoms with E-state index in [1.165, 1.54) is 0 Å². The molecule has 0 aromatic rings. The van der Waals surface area contributed by atoms with Crippen LogP contribution in [0.5, 0.6) is 0 Å². The SMILES string of the molecule is CC(C)C(C)(O)CN1CCOCC1(C)C. The maximum atomic E-state index is 10.3. The topological polar surface area (TPSA) is 32.7 Å². The van der Waals surface area contributed by atoms with Crippen molar-refractivity contribution in [3.05, 3.63) is 0 Å². The first-order valence-corrected chi connectivity index (χ1v) is 5.81. The molecule has 90 valence electrons. The third kappa shape index (κ3) is 3.16. The van der Waals surface area contributed by atoms with Crippen LogP contribution in [0.1, 0.15) is 34.6 Å². The van der Waals surface area contributed by atoms with Crippen LogP contribution in [-0.2, 0) is 4.74 Å². The van der Waals surface area contributed by atoms with Crippen LogP contribution in [0.25, 0.3) is 0 Å². The lowest BCUT2D eigenvalue weighted by atomic mass is 9.89. The van der Waals surface area contributed by atoms with Gasteiger partial charge in [-0.15, -0.1) is 0 Å². The quantitative estimate of drug-likeness (QED) is 0.774. The molecule has 1 aliphatic heterocycles. The highest BCUT2D eigenvalue weighted by Gasteiger charge is 2.36. The van der Waals surface area contributed by atoms with Gasteiger partial charge in [-0.1, -0.05) is 13.8 Å². The number of β-amino-alcohol motifs (C(OH)–C–C–N with tert-alkyl or cyclic N) is 1. The van der Waals surface area contributed by atoms with Crippen LogP contribution in [0.2, 0.25) is 0 Å². The zero-order chi connectivity index (χ0) is 11.7. The smallest absolute Gasteiger partial charge is 0.0769 e. The van der Waals surface area contributed by atoms with E-state index in [1.54, 1.807) is 0 Å². The van der Waals surface area contributed by atoms with Crippen LogP contribution in [0.3, 0.4) is 0 Å². The lowest BCUT2D eigenvalue weighted by Crippen LogP contribution is -2.58. The molecule has 1 saturated heterocycles. The zero-order valence-electron chi connectivity index (χ0n) is 10.7. The molecule has 0 radical (unpaired) electrons. The molecule has 1 rings (SSSR count). The summed E-state index contributed by atoms with van der Waals surface area (Å²) < 4.78 is 5.47. The van der Waals surface area contributed by atoms with E-state index >= 15 is 0 Å². The van der Waals surface area contributed by atoms with E-state index in [9.17, 15) is 5.11 Å². The van der Waals surface area contributed by atoms with Gasteiger partial charge in [0.15, 0.2) is 0 Å². The van der Waals surface area contributed by atoms with Gasteiger partial charge in [0, 0.05) is 18.6 Å². The van der Waals surface area contributed by atoms with E-state index in [-0.39, 0.29) is 11.5 Å². The summed E-state index contributed by atoms with van der Waals surface area (Å²) >= 11 is 0. The second kappa shape index (κ2) is 4.40. The molecule has 0 aromatic carbocycles. The highest BCUT2D eigenvalue weighted by atomic mass is 16.5. The monoisotopic (exact) mass is 215 g/mol. The van der Waals surface area contributed by atoms with Crippen molar-refractivity contribution in [3.63, 3.8) is 0 Å². The fourth-order valence-electron chi connectivity index (χ4n) is 1.75. The number of hydrogen-bond acceptors (Lipinski definition) is 3. The first kappa shape index (κ1) is 12.9. The Morgan fingerprint density at radius 2 is 2.07 bits per heavy atom. The second-order valence-corrected chi connectivity index (χ2v) is 5.80. The van der Waals surface area contributed by atoms with Crippen molar-refractivity contribution >= 4 is 0 Å². The second-order valence-electron chi connectivity index (χ2n) is 5.80. The predicted octanol–water partition coefficient (Wildman–Crippen LogP) is 1.50. The largest absolute Gasteiger partial charge is 0.389 e. The Balaban J connectivity index is 2.63. The molecule has 0 spiro atoms. The Kier molecular flexibility index (Phi) is 3.80. The molecule has 0 aliphatic carbocycles. The number of rotatable bonds is 3. The van der Waals surface area contributed by atoms with E-state index < -0.39 is 5.60 Å². The summed E-state index contributed by atoms with van der Waals surface area (Å²) in [7, 11) is 0. The average Bonchev–Trinajstić information content (AvgIpc) is 2.08. The summed E-state index contributed by atoms with van der Waals surface area (Å²) in [6.45, 7) is 13.5. The third-order valence-electron chi connectivity index (χ3n) is 3.57. The van der Waals surface area contributed by atoms with E-state index in [0.717, 1.165) is 26.3 Å². The molecule has 3 heteroatoms. The van der Waals surface area contributed by atoms with Gasteiger partial charge < -0.3 is 9.84 Å². The molecule has 1 fully saturated rings. The van der Waals surface area contributed by atoms with Crippen molar-refractivity contribution in [2.45, 2.75) is 45.8 Å². The van der Waals surface area contributed by atoms with Crippen molar-refractivity contribution in [2.75, 3.05) is 26.3 Å². The molecular formula is C12H25NO2. The first-order chi connectivity index (χ1) is 6.76. The highest BCUT2D eigenvalue weighted by Crippen LogP contribution is 2.25. The van der Waals surface area contributed by atoms with Crippen LogP contribution in [0, 0.1) is 5.92 Å². The van der Waals surface area contributed by atoms with Gasteiger partial charge in [0.25, 0.3) is 0 Å². The summed E-state index contributed by atoms with van der Waals surface area (Å²) in [4.78, 5) is 2.33. The van der Waals surface area contributed by atoms with Gasteiger partial charge in [0.2, 0.25) is 0 Å². The van der Waals surface area contributed by atoms with Crippen LogP contribution in [0.4, 0.5) is 0 Å². The molecule has 0 amide bonds. The van der Waals surface area contributed by atoms with Gasteiger partial charge in [0.1, 0.15) is 0 Å². The van der Waals surface area contributed by atoms with E-state index in [2.05, 4.69) is 32.6 Å². The molecule has 0 saturated carbocycles. The van der Waals surface area contributed by atoms with Crippen molar-refractivity contribution in [1.29, 1.82) is 0 Å². The van der Waals surface area contributed by atoms with Crippen LogP contribution in [-0.4, -0.2) is 47.4 Å². The Morgan fingerprint density at radius 3 is 2.53 bits per heavy atom. The van der Waals surface area contributed by atoms with E-state index in [1.807, 2.05) is 6.92 Å². The Labute approximate surface area is 93.4 Å². The van der Waals surface area contributed by atoms with E-state index in [0.29, 0.717) is 0 Å². The number of hydrogen-bond donors (Lipinski definition) is 1. The Hall–Kier alpha value is -0.120. The van der Waals surface area contributed by atoms with Gasteiger partial charge in [-0.05, 0) is 26.7 Å². The van der Waals surface area contributed by atoms with Gasteiger partial charge in [0.05, 0.1) is 18.8 Å². The molecule has 1 N–H and O–H groups in total. The maximum Gasteiger partial charge on any atom is 0.0769 e. The lowest BCUT2D eigenvalue weighted by Gasteiger charge is -2.46. The average molecular weight is 215 g/mol. The number of morpholine rings is 1. The van der Waals surface area contributed by atoms with Crippen molar-refractivity contribution < 1.29 is 9.84 Å². The lowest BCUT2D eigenvalue weighted by molar-refractivity contribution is -0.0983. The van der Waals surface area contributed by atoms with Crippen LogP contribution < -0.4 is 0 Å². The molecule has 1 heterocycles. The summed E-state index contributed by atoms with van der Waals surface area (Å²) in [5.74, 6) is 0.274. The highest BCUT2D eigenvalue weighted by molar-refractivity contribution is 4.90. The zero-order valence-corrected chi connectivity index (χ0v) is 10.7. The molecule has 0 aromatic heterocycles. The van der Waals surface area contributed by atoms with Gasteiger partial charge in [-0.2, -0.15) is 0 Å². The fraction of sp³-hybridized carbons (Fsp3) is 1.00. The minimum atomic E-state index is -0.616. The van der Waals surface area contributed by atoms with Crippen molar-refractivity contribution in [3.8, 4) is 0 Å². The standard InChI is InChI=1S/C12H25NO2/c1-10(2)12(5,14)8-13-6-7-15-9-11(13,3)4/h10,14H,6-9H2,1-5H3. The van der Waals surface area contributed by atoms with Gasteiger partial charge in [-0.25, -0.2) is 0 Å². The van der Waals surface area contributed by atoms with Gasteiger partial charge >= 0.3 is 0 Å².